The Morgan fingerprint density at radius 3 is 2.65 bits per heavy atom. The lowest BCUT2D eigenvalue weighted by atomic mass is 9.76. The number of fused-ring (bicyclic) bond motifs is 2. The first-order valence-corrected chi connectivity index (χ1v) is 8.28. The van der Waals surface area contributed by atoms with Gasteiger partial charge in [-0.1, -0.05) is 19.3 Å². The molecule has 4 nitrogen and oxygen atoms in total. The molecule has 114 valence electrons. The maximum absolute atomic E-state index is 11.4. The van der Waals surface area contributed by atoms with E-state index < -0.39 is 5.97 Å². The summed E-state index contributed by atoms with van der Waals surface area (Å²) in [7, 11) is 2.22. The van der Waals surface area contributed by atoms with Gasteiger partial charge in [-0.2, -0.15) is 0 Å². The third-order valence-electron chi connectivity index (χ3n) is 6.10. The van der Waals surface area contributed by atoms with Crippen molar-refractivity contribution in [3.05, 3.63) is 0 Å². The Kier molecular flexibility index (Phi) is 4.04. The van der Waals surface area contributed by atoms with Crippen LogP contribution in [0.5, 0.6) is 0 Å². The van der Waals surface area contributed by atoms with E-state index in [0.717, 1.165) is 18.8 Å². The van der Waals surface area contributed by atoms with E-state index in [0.29, 0.717) is 12.5 Å². The van der Waals surface area contributed by atoms with Crippen molar-refractivity contribution < 1.29 is 9.90 Å². The van der Waals surface area contributed by atoms with Crippen molar-refractivity contribution >= 4 is 5.97 Å². The summed E-state index contributed by atoms with van der Waals surface area (Å²) in [6, 6.07) is 0.603. The van der Waals surface area contributed by atoms with Crippen LogP contribution in [0, 0.1) is 5.92 Å². The van der Waals surface area contributed by atoms with Crippen LogP contribution in [0.15, 0.2) is 0 Å². The molecule has 2 saturated heterocycles. The van der Waals surface area contributed by atoms with Gasteiger partial charge in [0.2, 0.25) is 0 Å². The average Bonchev–Trinajstić information content (AvgIpc) is 2.80. The number of hydrogen-bond acceptors (Lipinski definition) is 3. The van der Waals surface area contributed by atoms with E-state index in [1.165, 1.54) is 51.7 Å². The number of carboxylic acids is 1. The highest BCUT2D eigenvalue weighted by Crippen LogP contribution is 2.41. The average molecular weight is 280 g/mol. The molecule has 2 aliphatic heterocycles. The van der Waals surface area contributed by atoms with Crippen LogP contribution in [0.3, 0.4) is 0 Å². The first kappa shape index (κ1) is 14.3. The van der Waals surface area contributed by atoms with Crippen molar-refractivity contribution in [1.29, 1.82) is 0 Å². The molecule has 0 aromatic rings. The number of nitrogens with zero attached hydrogens (tertiary/aromatic N) is 2. The summed E-state index contributed by atoms with van der Waals surface area (Å²) in [4.78, 5) is 16.5. The van der Waals surface area contributed by atoms with E-state index in [2.05, 4.69) is 16.8 Å². The molecule has 0 aromatic carbocycles. The second kappa shape index (κ2) is 5.64. The SMILES string of the molecule is CN(C1CCN2CCC1C2)C1(CC(=O)O)CCCCC1. The molecule has 3 unspecified atom stereocenters. The molecule has 0 amide bonds. The molecule has 20 heavy (non-hydrogen) atoms. The molecule has 1 saturated carbocycles. The van der Waals surface area contributed by atoms with Crippen LogP contribution in [-0.2, 0) is 4.79 Å². The third-order valence-corrected chi connectivity index (χ3v) is 6.10. The largest absolute Gasteiger partial charge is 0.481 e. The fourth-order valence-electron chi connectivity index (χ4n) is 4.94. The monoisotopic (exact) mass is 280 g/mol. The molecule has 2 heterocycles. The molecule has 0 aromatic heterocycles. The number of carboxylic acid groups (broad SMARTS) is 1. The van der Waals surface area contributed by atoms with Crippen LogP contribution < -0.4 is 0 Å². The Morgan fingerprint density at radius 2 is 1.95 bits per heavy atom. The normalized spacial score (nSPS) is 36.2. The highest BCUT2D eigenvalue weighted by atomic mass is 16.4. The lowest BCUT2D eigenvalue weighted by molar-refractivity contribution is -0.142. The van der Waals surface area contributed by atoms with Crippen LogP contribution in [0.25, 0.3) is 0 Å². The van der Waals surface area contributed by atoms with E-state index in [-0.39, 0.29) is 5.54 Å². The van der Waals surface area contributed by atoms with Gasteiger partial charge in [0.05, 0.1) is 6.42 Å². The first-order valence-electron chi connectivity index (χ1n) is 8.28. The van der Waals surface area contributed by atoms with E-state index in [9.17, 15) is 9.90 Å². The van der Waals surface area contributed by atoms with E-state index in [4.69, 9.17) is 0 Å². The summed E-state index contributed by atoms with van der Waals surface area (Å²) in [5.74, 6) is 0.143. The van der Waals surface area contributed by atoms with Crippen molar-refractivity contribution in [2.24, 2.45) is 5.92 Å². The van der Waals surface area contributed by atoms with Crippen LogP contribution in [-0.4, -0.2) is 59.1 Å². The van der Waals surface area contributed by atoms with Gasteiger partial charge in [-0.25, -0.2) is 0 Å². The van der Waals surface area contributed by atoms with Crippen molar-refractivity contribution in [1.82, 2.24) is 9.80 Å². The van der Waals surface area contributed by atoms with Crippen LogP contribution in [0.2, 0.25) is 0 Å². The maximum atomic E-state index is 11.4. The summed E-state index contributed by atoms with van der Waals surface area (Å²) in [5, 5.41) is 9.37. The fourth-order valence-corrected chi connectivity index (χ4v) is 4.94. The van der Waals surface area contributed by atoms with Gasteiger partial charge in [0.25, 0.3) is 0 Å². The second-order valence-electron chi connectivity index (χ2n) is 7.17. The van der Waals surface area contributed by atoms with Crippen molar-refractivity contribution in [3.8, 4) is 0 Å². The zero-order chi connectivity index (χ0) is 14.2. The summed E-state index contributed by atoms with van der Waals surface area (Å²) in [5.41, 5.74) is -0.0699. The van der Waals surface area contributed by atoms with Crippen LogP contribution >= 0.6 is 0 Å². The Labute approximate surface area is 122 Å². The Morgan fingerprint density at radius 1 is 1.25 bits per heavy atom. The zero-order valence-electron chi connectivity index (χ0n) is 12.7. The summed E-state index contributed by atoms with van der Waals surface area (Å²) >= 11 is 0. The Balaban J connectivity index is 1.77. The van der Waals surface area contributed by atoms with Gasteiger partial charge in [0.15, 0.2) is 0 Å². The number of hydrogen-bond donors (Lipinski definition) is 1. The number of aliphatic carboxylic acids is 1. The predicted molar refractivity (Wildman–Crippen MR) is 78.8 cm³/mol. The molecule has 3 rings (SSSR count). The molecule has 3 fully saturated rings. The number of piperidine rings is 1. The second-order valence-corrected chi connectivity index (χ2v) is 7.17. The predicted octanol–water partition coefficient (Wildman–Crippen LogP) is 2.19. The minimum Gasteiger partial charge on any atom is -0.481 e. The van der Waals surface area contributed by atoms with Gasteiger partial charge in [0.1, 0.15) is 0 Å². The Hall–Kier alpha value is -0.610. The molecule has 3 atom stereocenters. The molecule has 1 N–H and O–H groups in total. The van der Waals surface area contributed by atoms with Crippen molar-refractivity contribution in [3.63, 3.8) is 0 Å². The molecule has 1 aliphatic carbocycles. The highest BCUT2D eigenvalue weighted by Gasteiger charge is 2.45. The number of carbonyl (C=O) groups is 1. The van der Waals surface area contributed by atoms with Crippen LogP contribution in [0.1, 0.15) is 51.4 Å². The zero-order valence-corrected chi connectivity index (χ0v) is 12.7. The molecule has 4 heteroatoms. The number of rotatable bonds is 4. The smallest absolute Gasteiger partial charge is 0.305 e. The van der Waals surface area contributed by atoms with Gasteiger partial charge in [0, 0.05) is 18.1 Å². The molecular formula is C16H28N2O2. The fraction of sp³-hybridized carbons (Fsp3) is 0.938. The summed E-state index contributed by atoms with van der Waals surface area (Å²) < 4.78 is 0. The van der Waals surface area contributed by atoms with Crippen molar-refractivity contribution in [2.45, 2.75) is 62.9 Å². The lowest BCUT2D eigenvalue weighted by Gasteiger charge is -2.50. The van der Waals surface area contributed by atoms with Gasteiger partial charge < -0.3 is 10.0 Å². The minimum absolute atomic E-state index is 0.0699. The Bertz CT molecular complexity index is 365. The highest BCUT2D eigenvalue weighted by molar-refractivity contribution is 5.68. The molecule has 0 spiro atoms. The third kappa shape index (κ3) is 2.60. The van der Waals surface area contributed by atoms with Gasteiger partial charge >= 0.3 is 5.97 Å². The van der Waals surface area contributed by atoms with Gasteiger partial charge in [-0.3, -0.25) is 9.69 Å². The van der Waals surface area contributed by atoms with Crippen LogP contribution in [0.4, 0.5) is 0 Å². The van der Waals surface area contributed by atoms with E-state index in [1.54, 1.807) is 0 Å². The van der Waals surface area contributed by atoms with E-state index in [1.807, 2.05) is 0 Å². The topological polar surface area (TPSA) is 43.8 Å². The summed E-state index contributed by atoms with van der Waals surface area (Å²) in [6.07, 6.45) is 8.67. The molecule has 2 bridgehead atoms. The minimum atomic E-state index is -0.623. The van der Waals surface area contributed by atoms with Gasteiger partial charge in [-0.15, -0.1) is 0 Å². The van der Waals surface area contributed by atoms with E-state index >= 15 is 0 Å². The van der Waals surface area contributed by atoms with Crippen molar-refractivity contribution in [2.75, 3.05) is 26.7 Å². The maximum Gasteiger partial charge on any atom is 0.305 e. The molecule has 0 radical (unpaired) electrons. The van der Waals surface area contributed by atoms with Gasteiger partial charge in [-0.05, 0) is 51.7 Å². The standard InChI is InChI=1S/C16H28N2O2/c1-17(14-6-10-18-9-5-13(14)12-18)16(11-15(19)20)7-3-2-4-8-16/h13-14H,2-12H2,1H3,(H,19,20). The quantitative estimate of drug-likeness (QED) is 0.857. The molecular weight excluding hydrogens is 252 g/mol. The molecule has 3 aliphatic rings. The lowest BCUT2D eigenvalue weighted by Crippen LogP contribution is -2.57. The first-order chi connectivity index (χ1) is 9.61. The summed E-state index contributed by atoms with van der Waals surface area (Å²) in [6.45, 7) is 3.69.